The number of carbonyl (C=O) groups excluding carboxylic acids is 1. The minimum atomic E-state index is -3.38. The number of hydrogen-bond donors (Lipinski definition) is 1. The second-order valence-corrected chi connectivity index (χ2v) is 10.5. The van der Waals surface area contributed by atoms with Gasteiger partial charge in [0.1, 0.15) is 0 Å². The third kappa shape index (κ3) is 6.45. The van der Waals surface area contributed by atoms with Crippen LogP contribution in [0.4, 0.5) is 0 Å². The summed E-state index contributed by atoms with van der Waals surface area (Å²) in [4.78, 5) is 12.6. The number of nitrogens with one attached hydrogen (secondary N) is 1. The van der Waals surface area contributed by atoms with Gasteiger partial charge in [0.25, 0.3) is 0 Å². The Kier molecular flexibility index (Phi) is 8.17. The number of amides is 1. The zero-order chi connectivity index (χ0) is 21.6. The van der Waals surface area contributed by atoms with Gasteiger partial charge in [0.05, 0.1) is 11.7 Å². The van der Waals surface area contributed by atoms with Crippen molar-refractivity contribution in [2.45, 2.75) is 32.2 Å². The van der Waals surface area contributed by atoms with Crippen LogP contribution in [0.5, 0.6) is 0 Å². The molecule has 1 amide bonds. The molecule has 1 atom stereocenters. The fourth-order valence-corrected chi connectivity index (χ4v) is 5.69. The molecule has 1 saturated heterocycles. The van der Waals surface area contributed by atoms with Gasteiger partial charge in [0.15, 0.2) is 0 Å². The van der Waals surface area contributed by atoms with Crippen molar-refractivity contribution in [2.24, 2.45) is 5.92 Å². The maximum atomic E-state index is 12.8. The average molecular weight is 469 g/mol. The molecule has 1 aliphatic rings. The molecule has 1 aliphatic heterocycles. The number of hydrogen-bond acceptors (Lipinski definition) is 3. The Morgan fingerprint density at radius 2 is 1.90 bits per heavy atom. The van der Waals surface area contributed by atoms with Gasteiger partial charge in [-0.2, -0.15) is 0 Å². The van der Waals surface area contributed by atoms with E-state index in [4.69, 9.17) is 23.2 Å². The molecule has 0 unspecified atom stereocenters. The van der Waals surface area contributed by atoms with Gasteiger partial charge in [-0.3, -0.25) is 4.79 Å². The zero-order valence-corrected chi connectivity index (χ0v) is 19.0. The van der Waals surface area contributed by atoms with Crippen molar-refractivity contribution in [1.29, 1.82) is 0 Å². The molecular weight excluding hydrogens is 443 g/mol. The molecule has 8 heteroatoms. The van der Waals surface area contributed by atoms with Crippen molar-refractivity contribution in [3.8, 4) is 0 Å². The molecule has 1 heterocycles. The summed E-state index contributed by atoms with van der Waals surface area (Å²) < 4.78 is 27.0. The number of sulfonamides is 1. The van der Waals surface area contributed by atoms with E-state index in [2.05, 4.69) is 5.32 Å². The first kappa shape index (κ1) is 23.1. The lowest BCUT2D eigenvalue weighted by atomic mass is 9.99. The molecule has 0 aliphatic carbocycles. The Balaban J connectivity index is 1.51. The van der Waals surface area contributed by atoms with Crippen molar-refractivity contribution < 1.29 is 13.2 Å². The highest BCUT2D eigenvalue weighted by atomic mass is 35.5. The molecule has 0 radical (unpaired) electrons. The van der Waals surface area contributed by atoms with E-state index in [1.807, 2.05) is 30.3 Å². The average Bonchev–Trinajstić information content (AvgIpc) is 2.73. The second-order valence-electron chi connectivity index (χ2n) is 7.56. The van der Waals surface area contributed by atoms with Crippen molar-refractivity contribution in [3.63, 3.8) is 0 Å². The number of rotatable bonds is 8. The highest BCUT2D eigenvalue weighted by molar-refractivity contribution is 7.89. The van der Waals surface area contributed by atoms with Crippen molar-refractivity contribution in [2.75, 3.05) is 18.8 Å². The van der Waals surface area contributed by atoms with Crippen molar-refractivity contribution >= 4 is 39.1 Å². The van der Waals surface area contributed by atoms with E-state index in [1.54, 1.807) is 18.2 Å². The molecule has 162 valence electrons. The van der Waals surface area contributed by atoms with Gasteiger partial charge in [0.2, 0.25) is 15.9 Å². The summed E-state index contributed by atoms with van der Waals surface area (Å²) in [5, 5.41) is 3.91. The predicted octanol–water partition coefficient (Wildman–Crippen LogP) is 4.28. The fourth-order valence-electron chi connectivity index (χ4n) is 3.63. The Labute approximate surface area is 188 Å². The first-order valence-electron chi connectivity index (χ1n) is 10.1. The molecule has 2 aromatic rings. The monoisotopic (exact) mass is 468 g/mol. The van der Waals surface area contributed by atoms with Gasteiger partial charge in [0, 0.05) is 29.7 Å². The lowest BCUT2D eigenvalue weighted by molar-refractivity contribution is -0.126. The van der Waals surface area contributed by atoms with Gasteiger partial charge in [-0.15, -0.1) is 0 Å². The van der Waals surface area contributed by atoms with Crippen LogP contribution in [0.25, 0.3) is 0 Å². The molecule has 5 nitrogen and oxygen atoms in total. The molecule has 2 aromatic carbocycles. The highest BCUT2D eigenvalue weighted by Gasteiger charge is 2.32. The lowest BCUT2D eigenvalue weighted by Crippen LogP contribution is -2.46. The summed E-state index contributed by atoms with van der Waals surface area (Å²) in [5.41, 5.74) is 1.90. The molecule has 1 N–H and O–H groups in total. The first-order chi connectivity index (χ1) is 14.3. The largest absolute Gasteiger partial charge is 0.352 e. The number of aryl methyl sites for hydroxylation is 1. The maximum Gasteiger partial charge on any atom is 0.224 e. The van der Waals surface area contributed by atoms with Crippen LogP contribution < -0.4 is 5.32 Å². The van der Waals surface area contributed by atoms with Crippen molar-refractivity contribution in [1.82, 2.24) is 9.62 Å². The molecule has 30 heavy (non-hydrogen) atoms. The van der Waals surface area contributed by atoms with Gasteiger partial charge in [-0.25, -0.2) is 12.7 Å². The van der Waals surface area contributed by atoms with Crippen LogP contribution in [0.15, 0.2) is 48.5 Å². The van der Waals surface area contributed by atoms with Gasteiger partial charge >= 0.3 is 0 Å². The van der Waals surface area contributed by atoms with E-state index in [9.17, 15) is 13.2 Å². The molecule has 0 spiro atoms. The van der Waals surface area contributed by atoms with Crippen LogP contribution in [0.3, 0.4) is 0 Å². The zero-order valence-electron chi connectivity index (χ0n) is 16.7. The molecule has 0 aromatic heterocycles. The third-order valence-electron chi connectivity index (χ3n) is 5.33. The number of nitrogens with zero attached hydrogens (tertiary/aromatic N) is 1. The SMILES string of the molecule is O=C(NCc1ccc(Cl)cc1Cl)[C@H]1CCCN(S(=O)(=O)CCCc2ccccc2)C1. The van der Waals surface area contributed by atoms with E-state index < -0.39 is 10.0 Å². The normalized spacial score (nSPS) is 17.6. The fraction of sp³-hybridized carbons (Fsp3) is 0.409. The summed E-state index contributed by atoms with van der Waals surface area (Å²) in [6.07, 6.45) is 2.64. The quantitative estimate of drug-likeness (QED) is 0.628. The minimum Gasteiger partial charge on any atom is -0.352 e. The first-order valence-corrected chi connectivity index (χ1v) is 12.4. The van der Waals surface area contributed by atoms with Gasteiger partial charge in [-0.05, 0) is 48.9 Å². The minimum absolute atomic E-state index is 0.0939. The predicted molar refractivity (Wildman–Crippen MR) is 121 cm³/mol. The lowest BCUT2D eigenvalue weighted by Gasteiger charge is -2.31. The third-order valence-corrected chi connectivity index (χ3v) is 7.84. The van der Waals surface area contributed by atoms with Crippen LogP contribution in [-0.2, 0) is 27.8 Å². The molecule has 0 bridgehead atoms. The van der Waals surface area contributed by atoms with E-state index in [0.717, 1.165) is 17.5 Å². The maximum absolute atomic E-state index is 12.8. The standard InChI is InChI=1S/C22H26Cl2N2O3S/c23-20-11-10-18(21(24)14-20)15-25-22(27)19-9-4-12-26(16-19)30(28,29)13-5-8-17-6-2-1-3-7-17/h1-3,6-7,10-11,14,19H,4-5,8-9,12-13,15-16H2,(H,25,27)/t19-/m0/s1. The van der Waals surface area contributed by atoms with E-state index in [0.29, 0.717) is 35.9 Å². The van der Waals surface area contributed by atoms with Crippen molar-refractivity contribution in [3.05, 3.63) is 69.7 Å². The number of piperidine rings is 1. The van der Waals surface area contributed by atoms with Gasteiger partial charge < -0.3 is 5.32 Å². The number of halogens is 2. The summed E-state index contributed by atoms with van der Waals surface area (Å²) >= 11 is 12.0. The smallest absolute Gasteiger partial charge is 0.224 e. The number of benzene rings is 2. The van der Waals surface area contributed by atoms with Gasteiger partial charge in [-0.1, -0.05) is 59.6 Å². The topological polar surface area (TPSA) is 66.5 Å². The molecule has 1 fully saturated rings. The highest BCUT2D eigenvalue weighted by Crippen LogP contribution is 2.23. The Hall–Kier alpha value is -1.60. The summed E-state index contributed by atoms with van der Waals surface area (Å²) in [7, 11) is -3.38. The van der Waals surface area contributed by atoms with E-state index in [1.165, 1.54) is 4.31 Å². The molecule has 0 saturated carbocycles. The van der Waals surface area contributed by atoms with Crippen LogP contribution in [0.2, 0.25) is 10.0 Å². The van der Waals surface area contributed by atoms with Crippen LogP contribution in [0.1, 0.15) is 30.4 Å². The number of carbonyl (C=O) groups is 1. The molecular formula is C22H26Cl2N2O3S. The van der Waals surface area contributed by atoms with Crippen LogP contribution in [0, 0.1) is 5.92 Å². The van der Waals surface area contributed by atoms with E-state index >= 15 is 0 Å². The van der Waals surface area contributed by atoms with E-state index in [-0.39, 0.29) is 30.7 Å². The van der Waals surface area contributed by atoms with Crippen LogP contribution in [-0.4, -0.2) is 37.5 Å². The second kappa shape index (κ2) is 10.6. The molecule has 3 rings (SSSR count). The summed E-state index contributed by atoms with van der Waals surface area (Å²) in [5.74, 6) is -0.407. The van der Waals surface area contributed by atoms with Crippen LogP contribution >= 0.6 is 23.2 Å². The Morgan fingerprint density at radius 1 is 1.13 bits per heavy atom. The summed E-state index contributed by atoms with van der Waals surface area (Å²) in [6, 6.07) is 15.0. The summed E-state index contributed by atoms with van der Waals surface area (Å²) in [6.45, 7) is 0.990. The Morgan fingerprint density at radius 3 is 2.63 bits per heavy atom. The Bertz CT molecular complexity index is 968.